The van der Waals surface area contributed by atoms with Gasteiger partial charge in [-0.3, -0.25) is 16.0 Å². The van der Waals surface area contributed by atoms with E-state index in [4.69, 9.17) is 17.4 Å². The molecule has 0 spiro atoms. The van der Waals surface area contributed by atoms with Gasteiger partial charge in [-0.1, -0.05) is 45.2 Å². The maximum Gasteiger partial charge on any atom is 0.0850 e. The van der Waals surface area contributed by atoms with E-state index in [0.717, 1.165) is 29.3 Å². The molecule has 0 saturated heterocycles. The van der Waals surface area contributed by atoms with Crippen LogP contribution in [0, 0.1) is 5.92 Å². The summed E-state index contributed by atoms with van der Waals surface area (Å²) >= 11 is 6.44. The Morgan fingerprint density at radius 3 is 2.25 bits per heavy atom. The van der Waals surface area contributed by atoms with Gasteiger partial charge in [0.1, 0.15) is 0 Å². The van der Waals surface area contributed by atoms with Crippen LogP contribution >= 0.6 is 11.6 Å². The molecule has 5 heteroatoms. The zero-order chi connectivity index (χ0) is 15.1. The average Bonchev–Trinajstić information content (AvgIpc) is 2.71. The number of rotatable bonds is 9. The van der Waals surface area contributed by atoms with Crippen LogP contribution in [0.25, 0.3) is 0 Å². The molecule has 116 valence electrons. The predicted molar refractivity (Wildman–Crippen MR) is 85.7 cm³/mol. The van der Waals surface area contributed by atoms with Gasteiger partial charge >= 0.3 is 0 Å². The van der Waals surface area contributed by atoms with E-state index in [1.807, 2.05) is 11.7 Å². The molecule has 1 unspecified atom stereocenters. The van der Waals surface area contributed by atoms with Gasteiger partial charge in [-0.15, -0.1) is 0 Å². The topological polar surface area (TPSA) is 55.9 Å². The quantitative estimate of drug-likeness (QED) is 0.544. The largest absolute Gasteiger partial charge is 0.271 e. The first kappa shape index (κ1) is 17.5. The van der Waals surface area contributed by atoms with Crippen LogP contribution in [0.15, 0.2) is 0 Å². The fourth-order valence-electron chi connectivity index (χ4n) is 2.90. The maximum absolute atomic E-state index is 6.44. The molecule has 0 aliphatic heterocycles. The Balaban J connectivity index is 2.89. The van der Waals surface area contributed by atoms with Gasteiger partial charge in [-0.25, -0.2) is 0 Å². The first-order valence-electron chi connectivity index (χ1n) is 7.75. The number of hydrazine groups is 1. The van der Waals surface area contributed by atoms with Crippen LogP contribution in [0.4, 0.5) is 0 Å². The summed E-state index contributed by atoms with van der Waals surface area (Å²) in [7, 11) is 1.96. The Morgan fingerprint density at radius 2 is 1.85 bits per heavy atom. The van der Waals surface area contributed by atoms with E-state index in [-0.39, 0.29) is 6.04 Å². The lowest BCUT2D eigenvalue weighted by Gasteiger charge is -2.26. The minimum Gasteiger partial charge on any atom is -0.271 e. The molecule has 1 aromatic heterocycles. The zero-order valence-corrected chi connectivity index (χ0v) is 14.0. The molecule has 0 amide bonds. The van der Waals surface area contributed by atoms with Crippen LogP contribution in [0.2, 0.25) is 5.02 Å². The minimum absolute atomic E-state index is 0.257. The van der Waals surface area contributed by atoms with Crippen molar-refractivity contribution in [1.29, 1.82) is 0 Å². The van der Waals surface area contributed by atoms with Crippen molar-refractivity contribution < 1.29 is 0 Å². The summed E-state index contributed by atoms with van der Waals surface area (Å²) in [4.78, 5) is 0. The van der Waals surface area contributed by atoms with Gasteiger partial charge < -0.3 is 0 Å². The first-order chi connectivity index (χ1) is 9.58. The second-order valence-corrected chi connectivity index (χ2v) is 5.88. The SMILES string of the molecule is CCCC(CCC)C(Cc1c(Cl)c(CC)nn1C)NN. The van der Waals surface area contributed by atoms with Crippen molar-refractivity contribution in [2.45, 2.75) is 65.3 Å². The Bertz CT molecular complexity index is 397. The molecular formula is C15H29ClN4. The van der Waals surface area contributed by atoms with E-state index < -0.39 is 0 Å². The van der Waals surface area contributed by atoms with Crippen molar-refractivity contribution in [2.24, 2.45) is 18.8 Å². The highest BCUT2D eigenvalue weighted by Crippen LogP contribution is 2.26. The lowest BCUT2D eigenvalue weighted by atomic mass is 9.88. The number of nitrogens with one attached hydrogen (secondary N) is 1. The van der Waals surface area contributed by atoms with Crippen molar-refractivity contribution >= 4 is 11.6 Å². The third-order valence-electron chi connectivity index (χ3n) is 4.02. The van der Waals surface area contributed by atoms with Gasteiger partial charge in [-0.2, -0.15) is 5.10 Å². The third kappa shape index (κ3) is 4.21. The summed E-state index contributed by atoms with van der Waals surface area (Å²) in [5.41, 5.74) is 5.06. The summed E-state index contributed by atoms with van der Waals surface area (Å²) < 4.78 is 1.90. The lowest BCUT2D eigenvalue weighted by Crippen LogP contribution is -2.43. The first-order valence-corrected chi connectivity index (χ1v) is 8.13. The van der Waals surface area contributed by atoms with Crippen LogP contribution in [0.5, 0.6) is 0 Å². The molecule has 0 saturated carbocycles. The molecule has 0 fully saturated rings. The van der Waals surface area contributed by atoms with Crippen molar-refractivity contribution in [3.05, 3.63) is 16.4 Å². The zero-order valence-electron chi connectivity index (χ0n) is 13.2. The van der Waals surface area contributed by atoms with Crippen LogP contribution in [0.3, 0.4) is 0 Å². The monoisotopic (exact) mass is 300 g/mol. The second kappa shape index (κ2) is 8.65. The molecule has 1 aromatic rings. The van der Waals surface area contributed by atoms with Gasteiger partial charge in [0.15, 0.2) is 0 Å². The molecule has 0 aliphatic rings. The molecule has 4 nitrogen and oxygen atoms in total. The average molecular weight is 301 g/mol. The number of nitrogens with zero attached hydrogens (tertiary/aromatic N) is 2. The van der Waals surface area contributed by atoms with E-state index in [1.54, 1.807) is 0 Å². The summed E-state index contributed by atoms with van der Waals surface area (Å²) in [5.74, 6) is 6.39. The van der Waals surface area contributed by atoms with Crippen LogP contribution in [-0.4, -0.2) is 15.8 Å². The number of hydrogen-bond donors (Lipinski definition) is 2. The summed E-state index contributed by atoms with van der Waals surface area (Å²) in [6.45, 7) is 6.53. The fraction of sp³-hybridized carbons (Fsp3) is 0.800. The number of nitrogens with two attached hydrogens (primary N) is 1. The van der Waals surface area contributed by atoms with E-state index >= 15 is 0 Å². The minimum atomic E-state index is 0.257. The Hall–Kier alpha value is -0.580. The van der Waals surface area contributed by atoms with Crippen molar-refractivity contribution in [1.82, 2.24) is 15.2 Å². The Labute approximate surface area is 128 Å². The lowest BCUT2D eigenvalue weighted by molar-refractivity contribution is 0.307. The third-order valence-corrected chi connectivity index (χ3v) is 4.45. The number of halogens is 1. The molecular weight excluding hydrogens is 272 g/mol. The number of aryl methyl sites for hydroxylation is 2. The molecule has 0 radical (unpaired) electrons. The molecule has 0 aromatic carbocycles. The molecule has 1 atom stereocenters. The van der Waals surface area contributed by atoms with Crippen molar-refractivity contribution in [2.75, 3.05) is 0 Å². The van der Waals surface area contributed by atoms with Crippen molar-refractivity contribution in [3.8, 4) is 0 Å². The standard InChI is InChI=1S/C15H29ClN4/c1-5-8-11(9-6-2)13(18-17)10-14-15(16)12(7-3)19-20(14)4/h11,13,18H,5-10,17H2,1-4H3. The maximum atomic E-state index is 6.44. The highest BCUT2D eigenvalue weighted by atomic mass is 35.5. The van der Waals surface area contributed by atoms with Gasteiger partial charge in [0.05, 0.1) is 16.4 Å². The summed E-state index contributed by atoms with van der Waals surface area (Å²) in [5, 5.41) is 5.29. The Kier molecular flexibility index (Phi) is 7.56. The van der Waals surface area contributed by atoms with Crippen LogP contribution < -0.4 is 11.3 Å². The highest BCUT2D eigenvalue weighted by Gasteiger charge is 2.23. The van der Waals surface area contributed by atoms with E-state index in [0.29, 0.717) is 5.92 Å². The van der Waals surface area contributed by atoms with E-state index in [9.17, 15) is 0 Å². The number of hydrogen-bond acceptors (Lipinski definition) is 3. The summed E-state index contributed by atoms with van der Waals surface area (Å²) in [6, 6.07) is 0.257. The van der Waals surface area contributed by atoms with Crippen molar-refractivity contribution in [3.63, 3.8) is 0 Å². The van der Waals surface area contributed by atoms with Crippen LogP contribution in [0.1, 0.15) is 57.8 Å². The molecule has 0 bridgehead atoms. The Morgan fingerprint density at radius 1 is 1.25 bits per heavy atom. The van der Waals surface area contributed by atoms with E-state index in [2.05, 4.69) is 31.3 Å². The molecule has 20 heavy (non-hydrogen) atoms. The van der Waals surface area contributed by atoms with Gasteiger partial charge in [0.25, 0.3) is 0 Å². The molecule has 0 aliphatic carbocycles. The van der Waals surface area contributed by atoms with Gasteiger partial charge in [-0.05, 0) is 25.2 Å². The summed E-state index contributed by atoms with van der Waals surface area (Å²) in [6.07, 6.45) is 6.45. The van der Waals surface area contributed by atoms with Crippen LogP contribution in [-0.2, 0) is 19.9 Å². The molecule has 3 N–H and O–H groups in total. The predicted octanol–water partition coefficient (Wildman–Crippen LogP) is 3.23. The molecule has 1 heterocycles. The fourth-order valence-corrected chi connectivity index (χ4v) is 3.27. The molecule has 1 rings (SSSR count). The normalized spacial score (nSPS) is 13.2. The van der Waals surface area contributed by atoms with Gasteiger partial charge in [0, 0.05) is 19.5 Å². The number of aromatic nitrogens is 2. The second-order valence-electron chi connectivity index (χ2n) is 5.50. The van der Waals surface area contributed by atoms with Gasteiger partial charge in [0.2, 0.25) is 0 Å². The van der Waals surface area contributed by atoms with E-state index in [1.165, 1.54) is 25.7 Å². The highest BCUT2D eigenvalue weighted by molar-refractivity contribution is 6.31. The smallest absolute Gasteiger partial charge is 0.0850 e.